The first kappa shape index (κ1) is 29.5. The molecule has 1 amide bonds. The number of fused-ring (bicyclic) bond motifs is 1. The van der Waals surface area contributed by atoms with Gasteiger partial charge >= 0.3 is 0 Å². The van der Waals surface area contributed by atoms with Crippen LogP contribution in [0.1, 0.15) is 44.9 Å². The normalized spacial score (nSPS) is 14.5. The number of anilines is 2. The molecule has 0 radical (unpaired) electrons. The number of benzene rings is 3. The van der Waals surface area contributed by atoms with E-state index in [-0.39, 0.29) is 11.3 Å². The molecule has 2 N–H and O–H groups in total. The van der Waals surface area contributed by atoms with Gasteiger partial charge in [-0.1, -0.05) is 57.2 Å². The molecule has 0 saturated carbocycles. The number of aromatic nitrogens is 3. The molecule has 1 aliphatic rings. The Bertz CT molecular complexity index is 1680. The maximum Gasteiger partial charge on any atom is 0.255 e. The predicted octanol–water partition coefficient (Wildman–Crippen LogP) is 6.20. The topological polar surface area (TPSA) is 109 Å². The van der Waals surface area contributed by atoms with Crippen molar-refractivity contribution in [3.8, 4) is 34.4 Å². The summed E-state index contributed by atoms with van der Waals surface area (Å²) < 4.78 is 24.2. The number of allylic oxidation sites excluding steroid dienone is 1. The number of carbonyl (C=O) groups excluding carboxylic acids is 1. The van der Waals surface area contributed by atoms with E-state index >= 15 is 0 Å². The molecule has 43 heavy (non-hydrogen) atoms. The molecular weight excluding hydrogens is 546 g/mol. The fraction of sp³-hybridized carbons (Fsp3) is 0.303. The third kappa shape index (κ3) is 5.60. The lowest BCUT2D eigenvalue weighted by atomic mass is 9.87. The van der Waals surface area contributed by atoms with Crippen molar-refractivity contribution in [1.82, 2.24) is 14.8 Å². The zero-order valence-corrected chi connectivity index (χ0v) is 25.7. The highest BCUT2D eigenvalue weighted by molar-refractivity contribution is 6.06. The molecule has 0 aliphatic carbocycles. The first-order valence-electron chi connectivity index (χ1n) is 13.9. The molecule has 3 aromatic carbocycles. The molecule has 4 aromatic rings. The van der Waals surface area contributed by atoms with Crippen LogP contribution in [0.3, 0.4) is 0 Å². The smallest absolute Gasteiger partial charge is 0.255 e. The number of ether oxygens (including phenoxy) is 4. The average molecular weight is 584 g/mol. The minimum atomic E-state index is -0.726. The lowest BCUT2D eigenvalue weighted by Crippen LogP contribution is -2.32. The Kier molecular flexibility index (Phi) is 8.04. The number of hydrogen-bond acceptors (Lipinski definition) is 8. The molecule has 0 spiro atoms. The van der Waals surface area contributed by atoms with Gasteiger partial charge < -0.3 is 29.6 Å². The summed E-state index contributed by atoms with van der Waals surface area (Å²) in [4.78, 5) is 18.9. The summed E-state index contributed by atoms with van der Waals surface area (Å²) in [6.45, 7) is 8.36. The van der Waals surface area contributed by atoms with E-state index in [1.165, 1.54) is 5.56 Å². The molecule has 1 unspecified atom stereocenters. The maximum absolute atomic E-state index is 14.1. The molecule has 1 aliphatic heterocycles. The standard InChI is InChI=1S/C33H37N5O5/c1-19-28(31(39)35-23-11-9-10-12-24(23)40-5)29(22-17-26(42-7)27(43-8)18-25(22)41-6)38-32(34-19)36-30(37-38)20-13-15-21(16-14-20)33(2,3)4/h9-18,29H,1-8H3,(H,35,39)(H,34,36,37). The highest BCUT2D eigenvalue weighted by Crippen LogP contribution is 2.44. The third-order valence-electron chi connectivity index (χ3n) is 7.49. The van der Waals surface area contributed by atoms with Gasteiger partial charge in [-0.3, -0.25) is 4.79 Å². The van der Waals surface area contributed by atoms with Gasteiger partial charge in [0, 0.05) is 22.9 Å². The van der Waals surface area contributed by atoms with E-state index in [0.29, 0.717) is 57.3 Å². The van der Waals surface area contributed by atoms with Crippen LogP contribution in [0.2, 0.25) is 0 Å². The maximum atomic E-state index is 14.1. The fourth-order valence-electron chi connectivity index (χ4n) is 5.18. The summed E-state index contributed by atoms with van der Waals surface area (Å²) in [5, 5.41) is 11.2. The largest absolute Gasteiger partial charge is 0.496 e. The van der Waals surface area contributed by atoms with Gasteiger partial charge in [-0.25, -0.2) is 4.68 Å². The van der Waals surface area contributed by atoms with E-state index in [0.717, 1.165) is 5.56 Å². The van der Waals surface area contributed by atoms with Gasteiger partial charge in [0.1, 0.15) is 17.5 Å². The van der Waals surface area contributed by atoms with Crippen LogP contribution in [0.4, 0.5) is 11.6 Å². The second-order valence-electron chi connectivity index (χ2n) is 11.2. The highest BCUT2D eigenvalue weighted by atomic mass is 16.5. The number of hydrogen-bond donors (Lipinski definition) is 2. The van der Waals surface area contributed by atoms with Crippen molar-refractivity contribution in [3.63, 3.8) is 0 Å². The molecule has 224 valence electrons. The summed E-state index contributed by atoms with van der Waals surface area (Å²) in [6, 6.07) is 18.3. The number of carbonyl (C=O) groups is 1. The van der Waals surface area contributed by atoms with Gasteiger partial charge in [0.05, 0.1) is 39.7 Å². The van der Waals surface area contributed by atoms with Crippen LogP contribution in [-0.4, -0.2) is 49.1 Å². The molecule has 0 bridgehead atoms. The summed E-state index contributed by atoms with van der Waals surface area (Å²) in [5.74, 6) is 2.69. The van der Waals surface area contributed by atoms with Gasteiger partial charge in [0.2, 0.25) is 5.95 Å². The van der Waals surface area contributed by atoms with E-state index < -0.39 is 6.04 Å². The monoisotopic (exact) mass is 583 g/mol. The summed E-state index contributed by atoms with van der Waals surface area (Å²) in [7, 11) is 6.26. The lowest BCUT2D eigenvalue weighted by molar-refractivity contribution is -0.113. The molecule has 0 fully saturated rings. The Morgan fingerprint density at radius 1 is 0.860 bits per heavy atom. The van der Waals surface area contributed by atoms with E-state index in [2.05, 4.69) is 43.5 Å². The number of rotatable bonds is 8. The summed E-state index contributed by atoms with van der Waals surface area (Å²) >= 11 is 0. The van der Waals surface area contributed by atoms with Crippen molar-refractivity contribution < 1.29 is 23.7 Å². The molecule has 2 heterocycles. The van der Waals surface area contributed by atoms with E-state index in [1.54, 1.807) is 57.4 Å². The van der Waals surface area contributed by atoms with Crippen LogP contribution in [0.5, 0.6) is 23.0 Å². The van der Waals surface area contributed by atoms with Crippen molar-refractivity contribution in [2.45, 2.75) is 39.2 Å². The number of para-hydroxylation sites is 2. The Morgan fingerprint density at radius 3 is 2.12 bits per heavy atom. The number of nitrogens with zero attached hydrogens (tertiary/aromatic N) is 3. The first-order chi connectivity index (χ1) is 20.6. The minimum absolute atomic E-state index is 0.0146. The first-order valence-corrected chi connectivity index (χ1v) is 13.9. The van der Waals surface area contributed by atoms with Crippen LogP contribution in [0.25, 0.3) is 11.4 Å². The van der Waals surface area contributed by atoms with Gasteiger partial charge in [-0.2, -0.15) is 4.98 Å². The van der Waals surface area contributed by atoms with Gasteiger partial charge in [-0.05, 0) is 36.1 Å². The Hall–Kier alpha value is -4.99. The molecule has 5 rings (SSSR count). The molecule has 1 atom stereocenters. The van der Waals surface area contributed by atoms with Crippen LogP contribution >= 0.6 is 0 Å². The van der Waals surface area contributed by atoms with Crippen molar-refractivity contribution >= 4 is 17.5 Å². The average Bonchev–Trinajstić information content (AvgIpc) is 3.43. The fourth-order valence-corrected chi connectivity index (χ4v) is 5.18. The SMILES string of the molecule is COc1ccccc1NC(=O)C1=C(C)Nc2nc(-c3ccc(C(C)(C)C)cc3)nn2C1c1cc(OC)c(OC)cc1OC. The quantitative estimate of drug-likeness (QED) is 0.252. The zero-order valence-electron chi connectivity index (χ0n) is 25.7. The van der Waals surface area contributed by atoms with Crippen LogP contribution in [-0.2, 0) is 10.2 Å². The van der Waals surface area contributed by atoms with Crippen LogP contribution < -0.4 is 29.6 Å². The van der Waals surface area contributed by atoms with Crippen LogP contribution in [0, 0.1) is 0 Å². The van der Waals surface area contributed by atoms with Crippen molar-refractivity contribution in [2.24, 2.45) is 0 Å². The Morgan fingerprint density at radius 2 is 1.49 bits per heavy atom. The second kappa shape index (κ2) is 11.7. The van der Waals surface area contributed by atoms with E-state index in [4.69, 9.17) is 29.0 Å². The van der Waals surface area contributed by atoms with Crippen molar-refractivity contribution in [1.29, 1.82) is 0 Å². The second-order valence-corrected chi connectivity index (χ2v) is 11.2. The van der Waals surface area contributed by atoms with Gasteiger partial charge in [-0.15, -0.1) is 5.10 Å². The Balaban J connectivity index is 1.66. The number of nitrogens with one attached hydrogen (secondary N) is 2. The molecule has 1 aromatic heterocycles. The summed E-state index contributed by atoms with van der Waals surface area (Å²) in [6.07, 6.45) is 0. The highest BCUT2D eigenvalue weighted by Gasteiger charge is 2.37. The minimum Gasteiger partial charge on any atom is -0.496 e. The van der Waals surface area contributed by atoms with Crippen LogP contribution in [0.15, 0.2) is 71.9 Å². The molecular formula is C33H37N5O5. The van der Waals surface area contributed by atoms with E-state index in [9.17, 15) is 4.79 Å². The molecule has 10 nitrogen and oxygen atoms in total. The summed E-state index contributed by atoms with van der Waals surface area (Å²) in [5.41, 5.74) is 4.30. The third-order valence-corrected chi connectivity index (χ3v) is 7.49. The van der Waals surface area contributed by atoms with Gasteiger partial charge in [0.15, 0.2) is 17.3 Å². The van der Waals surface area contributed by atoms with Gasteiger partial charge in [0.25, 0.3) is 5.91 Å². The number of methoxy groups -OCH3 is 4. The van der Waals surface area contributed by atoms with Crippen molar-refractivity contribution in [2.75, 3.05) is 39.1 Å². The zero-order chi connectivity index (χ0) is 30.9. The Labute approximate surface area is 251 Å². The predicted molar refractivity (Wildman–Crippen MR) is 166 cm³/mol. The molecule has 0 saturated heterocycles. The van der Waals surface area contributed by atoms with Crippen molar-refractivity contribution in [3.05, 3.63) is 83.1 Å². The molecule has 10 heteroatoms. The lowest BCUT2D eigenvalue weighted by Gasteiger charge is -2.30. The van der Waals surface area contributed by atoms with E-state index in [1.807, 2.05) is 31.2 Å². The number of amides is 1.